The predicted octanol–water partition coefficient (Wildman–Crippen LogP) is 3.13. The monoisotopic (exact) mass is 365 g/mol. The van der Waals surface area contributed by atoms with Crippen LogP contribution in [0.15, 0.2) is 42.5 Å². The number of rotatable bonds is 3. The molecule has 2 aromatic rings. The molecule has 1 saturated heterocycles. The van der Waals surface area contributed by atoms with E-state index in [1.165, 1.54) is 23.6 Å². The number of carbonyl (C=O) groups excluding carboxylic acids is 1. The van der Waals surface area contributed by atoms with Crippen molar-refractivity contribution in [1.29, 1.82) is 0 Å². The van der Waals surface area contributed by atoms with Gasteiger partial charge in [-0.15, -0.1) is 0 Å². The second-order valence-electron chi connectivity index (χ2n) is 7.66. The first kappa shape index (κ1) is 18.0. The summed E-state index contributed by atoms with van der Waals surface area (Å²) in [6.07, 6.45) is 1.14. The number of benzene rings is 2. The van der Waals surface area contributed by atoms with Crippen molar-refractivity contribution in [1.82, 2.24) is 10.2 Å². The van der Waals surface area contributed by atoms with Crippen molar-refractivity contribution >= 4 is 11.6 Å². The summed E-state index contributed by atoms with van der Waals surface area (Å²) < 4.78 is 5.51. The van der Waals surface area contributed by atoms with Crippen LogP contribution in [0, 0.1) is 0 Å². The molecular weight excluding hydrogens is 338 g/mol. The zero-order valence-electron chi connectivity index (χ0n) is 16.2. The fourth-order valence-electron chi connectivity index (χ4n) is 4.44. The summed E-state index contributed by atoms with van der Waals surface area (Å²) in [5.74, 6) is 1.34. The summed E-state index contributed by atoms with van der Waals surface area (Å²) >= 11 is 0. The first-order valence-corrected chi connectivity index (χ1v) is 9.55. The Morgan fingerprint density at radius 3 is 2.67 bits per heavy atom. The van der Waals surface area contributed by atoms with Crippen molar-refractivity contribution in [2.45, 2.75) is 31.3 Å². The summed E-state index contributed by atoms with van der Waals surface area (Å²) in [5.41, 5.74) is 4.75. The van der Waals surface area contributed by atoms with Gasteiger partial charge in [-0.2, -0.15) is 0 Å². The van der Waals surface area contributed by atoms with Gasteiger partial charge in [-0.25, -0.2) is 0 Å². The fourth-order valence-corrected chi connectivity index (χ4v) is 4.44. The van der Waals surface area contributed by atoms with Crippen LogP contribution in [0.1, 0.15) is 42.0 Å². The molecule has 2 heterocycles. The normalized spacial score (nSPS) is 24.6. The third-order valence-corrected chi connectivity index (χ3v) is 5.77. The minimum atomic E-state index is -0.0508. The number of fused-ring (bicyclic) bond motifs is 3. The van der Waals surface area contributed by atoms with Gasteiger partial charge in [0.2, 0.25) is 5.91 Å². The van der Waals surface area contributed by atoms with Crippen LogP contribution in [0.4, 0.5) is 5.69 Å². The first-order valence-electron chi connectivity index (χ1n) is 9.55. The largest absolute Gasteiger partial charge is 0.497 e. The van der Waals surface area contributed by atoms with E-state index in [4.69, 9.17) is 4.74 Å². The molecule has 1 amide bonds. The standard InChI is InChI=1S/C22H27N3O2/c1-14(26)23-16-6-4-15(5-7-16)22-18-9-8-17(27-3)12-19(18)20-13-25(2)11-10-21(20)24-22/h4-9,12,20-22,24H,10-11,13H2,1-3H3,(H,23,26). The number of hydrogen-bond acceptors (Lipinski definition) is 4. The molecular formula is C22H27N3O2. The Morgan fingerprint density at radius 2 is 1.96 bits per heavy atom. The number of likely N-dealkylation sites (tertiary alicyclic amines) is 1. The molecule has 2 aromatic carbocycles. The number of hydrogen-bond donors (Lipinski definition) is 2. The number of likely N-dealkylation sites (N-methyl/N-ethyl adjacent to an activating group) is 1. The molecule has 5 heteroatoms. The highest BCUT2D eigenvalue weighted by Crippen LogP contribution is 2.41. The topological polar surface area (TPSA) is 53.6 Å². The van der Waals surface area contributed by atoms with Crippen LogP contribution in [-0.2, 0) is 4.79 Å². The van der Waals surface area contributed by atoms with E-state index in [1.54, 1.807) is 7.11 Å². The number of methoxy groups -OCH3 is 1. The maximum atomic E-state index is 11.3. The van der Waals surface area contributed by atoms with Crippen molar-refractivity contribution in [2.75, 3.05) is 32.6 Å². The molecule has 0 saturated carbocycles. The van der Waals surface area contributed by atoms with E-state index in [2.05, 4.69) is 46.8 Å². The molecule has 27 heavy (non-hydrogen) atoms. The first-order chi connectivity index (χ1) is 13.0. The maximum absolute atomic E-state index is 11.3. The third kappa shape index (κ3) is 3.57. The lowest BCUT2D eigenvalue weighted by atomic mass is 9.76. The number of piperidine rings is 1. The van der Waals surface area contributed by atoms with Gasteiger partial charge in [0.25, 0.3) is 0 Å². The second-order valence-corrected chi connectivity index (χ2v) is 7.66. The molecule has 1 fully saturated rings. The Balaban J connectivity index is 1.71. The Morgan fingerprint density at radius 1 is 1.19 bits per heavy atom. The molecule has 2 aliphatic heterocycles. The molecule has 4 rings (SSSR count). The van der Waals surface area contributed by atoms with Crippen molar-refractivity contribution in [3.05, 3.63) is 59.2 Å². The SMILES string of the molecule is COc1ccc2c(c1)C1CN(C)CCC1NC2c1ccc(NC(C)=O)cc1. The van der Waals surface area contributed by atoms with E-state index in [9.17, 15) is 4.79 Å². The molecule has 0 aromatic heterocycles. The van der Waals surface area contributed by atoms with E-state index in [-0.39, 0.29) is 11.9 Å². The summed E-state index contributed by atoms with van der Waals surface area (Å²) in [5, 5.41) is 6.73. The zero-order valence-corrected chi connectivity index (χ0v) is 16.2. The Labute approximate surface area is 160 Å². The molecule has 142 valence electrons. The van der Waals surface area contributed by atoms with Crippen LogP contribution in [-0.4, -0.2) is 44.1 Å². The lowest BCUT2D eigenvalue weighted by Gasteiger charge is -2.45. The van der Waals surface area contributed by atoms with Gasteiger partial charge in [-0.1, -0.05) is 18.2 Å². The lowest BCUT2D eigenvalue weighted by molar-refractivity contribution is -0.114. The number of ether oxygens (including phenoxy) is 1. The van der Waals surface area contributed by atoms with E-state index in [1.807, 2.05) is 18.2 Å². The van der Waals surface area contributed by atoms with Crippen molar-refractivity contribution in [3.63, 3.8) is 0 Å². The van der Waals surface area contributed by atoms with Gasteiger partial charge in [0.1, 0.15) is 5.75 Å². The molecule has 3 atom stereocenters. The Kier molecular flexibility index (Phi) is 4.89. The smallest absolute Gasteiger partial charge is 0.221 e. The van der Waals surface area contributed by atoms with Crippen molar-refractivity contribution < 1.29 is 9.53 Å². The van der Waals surface area contributed by atoms with Gasteiger partial charge in [0.05, 0.1) is 13.2 Å². The van der Waals surface area contributed by atoms with E-state index in [0.29, 0.717) is 12.0 Å². The summed E-state index contributed by atoms with van der Waals surface area (Å²) in [7, 11) is 3.93. The summed E-state index contributed by atoms with van der Waals surface area (Å²) in [6, 6.07) is 15.2. The lowest BCUT2D eigenvalue weighted by Crippen LogP contribution is -2.51. The predicted molar refractivity (Wildman–Crippen MR) is 107 cm³/mol. The number of nitrogens with zero attached hydrogens (tertiary/aromatic N) is 1. The minimum Gasteiger partial charge on any atom is -0.497 e. The molecule has 0 bridgehead atoms. The third-order valence-electron chi connectivity index (χ3n) is 5.77. The van der Waals surface area contributed by atoms with Gasteiger partial charge < -0.3 is 20.3 Å². The van der Waals surface area contributed by atoms with Crippen LogP contribution in [0.3, 0.4) is 0 Å². The average molecular weight is 365 g/mol. The number of nitrogens with one attached hydrogen (secondary N) is 2. The van der Waals surface area contributed by atoms with Crippen LogP contribution < -0.4 is 15.4 Å². The number of carbonyl (C=O) groups is 1. The van der Waals surface area contributed by atoms with Crippen LogP contribution in [0.25, 0.3) is 0 Å². The Bertz CT molecular complexity index is 834. The maximum Gasteiger partial charge on any atom is 0.221 e. The van der Waals surface area contributed by atoms with Gasteiger partial charge in [-0.3, -0.25) is 4.79 Å². The van der Waals surface area contributed by atoms with Gasteiger partial charge >= 0.3 is 0 Å². The highest BCUT2D eigenvalue weighted by molar-refractivity contribution is 5.88. The molecule has 0 spiro atoms. The number of amides is 1. The molecule has 2 N–H and O–H groups in total. The van der Waals surface area contributed by atoms with E-state index in [0.717, 1.165) is 30.9 Å². The molecule has 5 nitrogen and oxygen atoms in total. The van der Waals surface area contributed by atoms with Crippen LogP contribution in [0.5, 0.6) is 5.75 Å². The zero-order chi connectivity index (χ0) is 19.0. The number of anilines is 1. The van der Waals surface area contributed by atoms with Gasteiger partial charge in [0, 0.05) is 31.1 Å². The summed E-state index contributed by atoms with van der Waals surface area (Å²) in [4.78, 5) is 13.7. The molecule has 0 radical (unpaired) electrons. The summed E-state index contributed by atoms with van der Waals surface area (Å²) in [6.45, 7) is 3.70. The Hall–Kier alpha value is -2.37. The van der Waals surface area contributed by atoms with Crippen LogP contribution >= 0.6 is 0 Å². The fraction of sp³-hybridized carbons (Fsp3) is 0.409. The van der Waals surface area contributed by atoms with E-state index < -0.39 is 0 Å². The van der Waals surface area contributed by atoms with Crippen LogP contribution in [0.2, 0.25) is 0 Å². The minimum absolute atomic E-state index is 0.0508. The van der Waals surface area contributed by atoms with Gasteiger partial charge in [0.15, 0.2) is 0 Å². The van der Waals surface area contributed by atoms with E-state index >= 15 is 0 Å². The highest BCUT2D eigenvalue weighted by atomic mass is 16.5. The molecule has 0 aliphatic carbocycles. The highest BCUT2D eigenvalue weighted by Gasteiger charge is 2.38. The van der Waals surface area contributed by atoms with Crippen molar-refractivity contribution in [2.24, 2.45) is 0 Å². The van der Waals surface area contributed by atoms with Crippen molar-refractivity contribution in [3.8, 4) is 5.75 Å². The average Bonchev–Trinajstić information content (AvgIpc) is 2.67. The molecule has 2 aliphatic rings. The molecule has 3 unspecified atom stereocenters. The van der Waals surface area contributed by atoms with Gasteiger partial charge in [-0.05, 0) is 61.0 Å². The second kappa shape index (κ2) is 7.33. The quantitative estimate of drug-likeness (QED) is 0.877.